The molecule has 0 saturated heterocycles. The molecular formula is C6H3F2IN2O3. The molecule has 0 aromatic carbocycles. The molecular weight excluding hydrogens is 313 g/mol. The van der Waals surface area contributed by atoms with Gasteiger partial charge in [-0.15, -0.1) is 0 Å². The number of nitrogens with zero attached hydrogens (tertiary/aromatic N) is 2. The quantitative estimate of drug-likeness (QED) is 0.516. The van der Waals surface area contributed by atoms with Gasteiger partial charge in [0.05, 0.1) is 9.64 Å². The average Bonchev–Trinajstić information content (AvgIpc) is 2.08. The van der Waals surface area contributed by atoms with Crippen LogP contribution in [0.1, 0.15) is 12.1 Å². The molecule has 1 N–H and O–H groups in total. The normalized spacial score (nSPS) is 10.6. The lowest BCUT2D eigenvalue weighted by atomic mass is 10.3. The molecule has 1 heterocycles. The van der Waals surface area contributed by atoms with E-state index in [0.29, 0.717) is 0 Å². The fourth-order valence-electron chi connectivity index (χ4n) is 0.758. The summed E-state index contributed by atoms with van der Waals surface area (Å²) in [6.45, 7) is 0. The lowest BCUT2D eigenvalue weighted by Gasteiger charge is -2.00. The summed E-state index contributed by atoms with van der Waals surface area (Å²) in [6, 6.07) is 0.918. The number of hydrogen-bond donors (Lipinski definition) is 1. The Morgan fingerprint density at radius 1 is 1.64 bits per heavy atom. The van der Waals surface area contributed by atoms with Crippen LogP contribution in [0.15, 0.2) is 6.07 Å². The molecule has 0 aliphatic carbocycles. The van der Waals surface area contributed by atoms with E-state index in [9.17, 15) is 18.9 Å². The van der Waals surface area contributed by atoms with Crippen LogP contribution < -0.4 is 0 Å². The van der Waals surface area contributed by atoms with Crippen LogP contribution in [-0.2, 0) is 0 Å². The molecule has 0 amide bonds. The zero-order valence-electron chi connectivity index (χ0n) is 6.45. The molecule has 0 aliphatic heterocycles. The van der Waals surface area contributed by atoms with Crippen LogP contribution in [0, 0.1) is 13.7 Å². The van der Waals surface area contributed by atoms with Crippen molar-refractivity contribution in [3.8, 4) is 5.75 Å². The third kappa shape index (κ3) is 2.05. The van der Waals surface area contributed by atoms with E-state index in [1.807, 2.05) is 0 Å². The highest BCUT2D eigenvalue weighted by Gasteiger charge is 2.26. The zero-order valence-corrected chi connectivity index (χ0v) is 8.60. The topological polar surface area (TPSA) is 76.3 Å². The number of pyridine rings is 1. The van der Waals surface area contributed by atoms with Gasteiger partial charge in [-0.2, -0.15) is 0 Å². The van der Waals surface area contributed by atoms with Gasteiger partial charge in [-0.25, -0.2) is 8.78 Å². The summed E-state index contributed by atoms with van der Waals surface area (Å²) >= 11 is 1.51. The van der Waals surface area contributed by atoms with Crippen LogP contribution in [0.5, 0.6) is 5.75 Å². The maximum atomic E-state index is 12.2. The minimum Gasteiger partial charge on any atom is -0.503 e. The van der Waals surface area contributed by atoms with Gasteiger partial charge in [0, 0.05) is 0 Å². The van der Waals surface area contributed by atoms with Crippen molar-refractivity contribution in [1.82, 2.24) is 4.98 Å². The van der Waals surface area contributed by atoms with E-state index in [1.54, 1.807) is 0 Å². The summed E-state index contributed by atoms with van der Waals surface area (Å²) in [6.07, 6.45) is -3.04. The van der Waals surface area contributed by atoms with Crippen LogP contribution in [-0.4, -0.2) is 15.0 Å². The lowest BCUT2D eigenvalue weighted by Crippen LogP contribution is -1.99. The SMILES string of the molecule is O=[N+]([O-])c1cc(I)c(O)c(C(F)F)n1. The molecule has 0 bridgehead atoms. The van der Waals surface area contributed by atoms with Crippen molar-refractivity contribution in [1.29, 1.82) is 0 Å². The molecule has 14 heavy (non-hydrogen) atoms. The van der Waals surface area contributed by atoms with Gasteiger partial charge in [-0.05, 0) is 32.5 Å². The molecule has 0 fully saturated rings. The van der Waals surface area contributed by atoms with Crippen molar-refractivity contribution in [3.63, 3.8) is 0 Å². The highest BCUT2D eigenvalue weighted by Crippen LogP contribution is 2.32. The van der Waals surface area contributed by atoms with Crippen molar-refractivity contribution in [2.45, 2.75) is 6.43 Å². The second-order valence-electron chi connectivity index (χ2n) is 2.25. The van der Waals surface area contributed by atoms with Crippen LogP contribution in [0.2, 0.25) is 0 Å². The predicted octanol–water partition coefficient (Wildman–Crippen LogP) is 2.24. The van der Waals surface area contributed by atoms with E-state index in [0.717, 1.165) is 6.07 Å². The number of hydrogen-bond acceptors (Lipinski definition) is 4. The highest BCUT2D eigenvalue weighted by molar-refractivity contribution is 14.1. The average molecular weight is 316 g/mol. The maximum Gasteiger partial charge on any atom is 0.365 e. The molecule has 0 spiro atoms. The van der Waals surface area contributed by atoms with E-state index in [2.05, 4.69) is 4.98 Å². The standard InChI is InChI=1S/C6H3F2IN2O3/c7-6(8)4-5(12)2(9)1-3(10-4)11(13)14/h1,6,12H. The molecule has 8 heteroatoms. The minimum absolute atomic E-state index is 0.0281. The maximum absolute atomic E-state index is 12.2. The smallest absolute Gasteiger partial charge is 0.365 e. The summed E-state index contributed by atoms with van der Waals surface area (Å²) in [4.78, 5) is 12.4. The van der Waals surface area contributed by atoms with Crippen LogP contribution in [0.3, 0.4) is 0 Å². The molecule has 1 rings (SSSR count). The number of nitro groups is 1. The van der Waals surface area contributed by atoms with Gasteiger partial charge in [-0.3, -0.25) is 0 Å². The molecule has 1 aromatic rings. The molecule has 0 atom stereocenters. The summed E-state index contributed by atoms with van der Waals surface area (Å²) in [5.74, 6) is -1.42. The van der Waals surface area contributed by atoms with Gasteiger partial charge in [-0.1, -0.05) is 0 Å². The van der Waals surface area contributed by atoms with E-state index in [1.165, 1.54) is 22.6 Å². The zero-order chi connectivity index (χ0) is 10.9. The Hall–Kier alpha value is -1.06. The number of halogens is 3. The van der Waals surface area contributed by atoms with Crippen LogP contribution >= 0.6 is 22.6 Å². The monoisotopic (exact) mass is 316 g/mol. The number of rotatable bonds is 2. The molecule has 5 nitrogen and oxygen atoms in total. The molecule has 0 unspecified atom stereocenters. The first-order chi connectivity index (χ1) is 6.43. The lowest BCUT2D eigenvalue weighted by molar-refractivity contribution is -0.389. The Morgan fingerprint density at radius 3 is 2.64 bits per heavy atom. The highest BCUT2D eigenvalue weighted by atomic mass is 127. The Kier molecular flexibility index (Phi) is 3.13. The second kappa shape index (κ2) is 3.98. The molecule has 0 radical (unpaired) electrons. The number of alkyl halides is 2. The van der Waals surface area contributed by atoms with Crippen molar-refractivity contribution in [3.05, 3.63) is 25.4 Å². The van der Waals surface area contributed by atoms with Crippen LogP contribution in [0.4, 0.5) is 14.6 Å². The summed E-state index contributed by atoms with van der Waals surface area (Å²) in [7, 11) is 0. The van der Waals surface area contributed by atoms with Gasteiger partial charge in [0.15, 0.2) is 5.75 Å². The fourth-order valence-corrected chi connectivity index (χ4v) is 1.31. The Labute approximate surface area is 90.1 Å². The largest absolute Gasteiger partial charge is 0.503 e. The van der Waals surface area contributed by atoms with Crippen molar-refractivity contribution in [2.24, 2.45) is 0 Å². The first-order valence-corrected chi connectivity index (χ1v) is 4.33. The first-order valence-electron chi connectivity index (χ1n) is 3.25. The second-order valence-corrected chi connectivity index (χ2v) is 3.42. The Balaban J connectivity index is 3.35. The van der Waals surface area contributed by atoms with Gasteiger partial charge in [0.25, 0.3) is 5.69 Å². The van der Waals surface area contributed by atoms with Gasteiger partial charge >= 0.3 is 12.2 Å². The molecule has 1 aromatic heterocycles. The number of aromatic hydroxyl groups is 1. The molecule has 0 saturated carbocycles. The van der Waals surface area contributed by atoms with E-state index in [4.69, 9.17) is 5.11 Å². The van der Waals surface area contributed by atoms with Gasteiger partial charge < -0.3 is 15.2 Å². The van der Waals surface area contributed by atoms with Crippen molar-refractivity contribution >= 4 is 28.4 Å². The summed E-state index contributed by atoms with van der Waals surface area (Å²) in [5.41, 5.74) is -0.969. The Bertz CT molecular complexity index is 386. The van der Waals surface area contributed by atoms with Gasteiger partial charge in [0.2, 0.25) is 0 Å². The van der Waals surface area contributed by atoms with Crippen LogP contribution in [0.25, 0.3) is 0 Å². The predicted molar refractivity (Wildman–Crippen MR) is 50.2 cm³/mol. The van der Waals surface area contributed by atoms with Gasteiger partial charge in [0.1, 0.15) is 0 Å². The summed E-state index contributed by atoms with van der Waals surface area (Å²) in [5, 5.41) is 19.4. The van der Waals surface area contributed by atoms with Crippen molar-refractivity contribution in [2.75, 3.05) is 0 Å². The molecule has 0 aliphatic rings. The van der Waals surface area contributed by atoms with E-state index in [-0.39, 0.29) is 3.57 Å². The van der Waals surface area contributed by atoms with E-state index < -0.39 is 28.6 Å². The fraction of sp³-hybridized carbons (Fsp3) is 0.167. The minimum atomic E-state index is -3.04. The third-order valence-electron chi connectivity index (χ3n) is 1.35. The van der Waals surface area contributed by atoms with Crippen molar-refractivity contribution < 1.29 is 18.8 Å². The Morgan fingerprint density at radius 2 is 2.21 bits per heavy atom. The first kappa shape index (κ1) is 11.0. The molecule has 76 valence electrons. The number of aromatic nitrogens is 1. The summed E-state index contributed by atoms with van der Waals surface area (Å²) < 4.78 is 24.4. The van der Waals surface area contributed by atoms with E-state index >= 15 is 0 Å². The third-order valence-corrected chi connectivity index (χ3v) is 2.18.